The molecule has 3 rings (SSSR count). The van der Waals surface area contributed by atoms with Gasteiger partial charge in [0.15, 0.2) is 0 Å². The fourth-order valence-corrected chi connectivity index (χ4v) is 4.01. The van der Waals surface area contributed by atoms with Gasteiger partial charge in [0.1, 0.15) is 5.75 Å². The van der Waals surface area contributed by atoms with Crippen LogP contribution in [0.5, 0.6) is 5.75 Å². The number of aryl methyl sites for hydroxylation is 1. The van der Waals surface area contributed by atoms with Crippen molar-refractivity contribution in [3.8, 4) is 5.75 Å². The monoisotopic (exact) mass is 274 g/mol. The predicted octanol–water partition coefficient (Wildman–Crippen LogP) is 2.74. The molecule has 1 aromatic rings. The van der Waals surface area contributed by atoms with E-state index in [0.717, 1.165) is 18.8 Å². The van der Waals surface area contributed by atoms with Crippen LogP contribution < -0.4 is 10.5 Å². The molecule has 1 fully saturated rings. The summed E-state index contributed by atoms with van der Waals surface area (Å²) in [4.78, 5) is 2.68. The van der Waals surface area contributed by atoms with Crippen LogP contribution in [0.2, 0.25) is 0 Å². The van der Waals surface area contributed by atoms with E-state index >= 15 is 0 Å². The lowest BCUT2D eigenvalue weighted by Gasteiger charge is -2.36. The smallest absolute Gasteiger partial charge is 0.119 e. The number of ether oxygens (including phenoxy) is 1. The fraction of sp³-hybridized carbons (Fsp3) is 0.647. The number of nitrogens with zero attached hydrogens (tertiary/aromatic N) is 1. The van der Waals surface area contributed by atoms with Crippen LogP contribution in [0.1, 0.15) is 43.4 Å². The van der Waals surface area contributed by atoms with Gasteiger partial charge in [0.25, 0.3) is 0 Å². The number of hydrogen-bond acceptors (Lipinski definition) is 3. The van der Waals surface area contributed by atoms with E-state index in [9.17, 15) is 0 Å². The van der Waals surface area contributed by atoms with Crippen molar-refractivity contribution in [2.24, 2.45) is 11.7 Å². The first kappa shape index (κ1) is 13.9. The lowest BCUT2D eigenvalue weighted by Crippen LogP contribution is -2.34. The average Bonchev–Trinajstić information content (AvgIpc) is 2.87. The van der Waals surface area contributed by atoms with Crippen molar-refractivity contribution >= 4 is 0 Å². The van der Waals surface area contributed by atoms with Crippen molar-refractivity contribution in [3.05, 3.63) is 29.3 Å². The highest BCUT2D eigenvalue weighted by Crippen LogP contribution is 2.40. The molecule has 3 nitrogen and oxygen atoms in total. The Morgan fingerprint density at radius 3 is 2.95 bits per heavy atom. The molecule has 0 aromatic heterocycles. The van der Waals surface area contributed by atoms with E-state index in [1.54, 1.807) is 7.11 Å². The third-order valence-corrected chi connectivity index (χ3v) is 5.08. The van der Waals surface area contributed by atoms with Crippen LogP contribution in [0.15, 0.2) is 18.2 Å². The van der Waals surface area contributed by atoms with E-state index in [4.69, 9.17) is 10.5 Å². The molecule has 3 heteroatoms. The number of nitrogens with two attached hydrogens (primary N) is 1. The highest BCUT2D eigenvalue weighted by Gasteiger charge is 2.35. The molecular formula is C17H26N2O. The average molecular weight is 274 g/mol. The summed E-state index contributed by atoms with van der Waals surface area (Å²) < 4.78 is 5.37. The van der Waals surface area contributed by atoms with Gasteiger partial charge in [-0.3, -0.25) is 4.90 Å². The van der Waals surface area contributed by atoms with Gasteiger partial charge in [0, 0.05) is 18.6 Å². The van der Waals surface area contributed by atoms with Crippen LogP contribution in [0.25, 0.3) is 0 Å². The summed E-state index contributed by atoms with van der Waals surface area (Å²) in [5, 5.41) is 0. The Kier molecular flexibility index (Phi) is 3.99. The van der Waals surface area contributed by atoms with Crippen LogP contribution in [0.4, 0.5) is 0 Å². The van der Waals surface area contributed by atoms with Gasteiger partial charge in [-0.25, -0.2) is 0 Å². The summed E-state index contributed by atoms with van der Waals surface area (Å²) in [5.41, 5.74) is 8.87. The molecule has 1 heterocycles. The van der Waals surface area contributed by atoms with Crippen molar-refractivity contribution in [3.63, 3.8) is 0 Å². The zero-order valence-electron chi connectivity index (χ0n) is 12.6. The van der Waals surface area contributed by atoms with Crippen molar-refractivity contribution < 1.29 is 4.74 Å². The molecule has 0 amide bonds. The van der Waals surface area contributed by atoms with Crippen LogP contribution >= 0.6 is 0 Å². The summed E-state index contributed by atoms with van der Waals surface area (Å²) >= 11 is 0. The highest BCUT2D eigenvalue weighted by atomic mass is 16.5. The topological polar surface area (TPSA) is 38.5 Å². The van der Waals surface area contributed by atoms with Crippen LogP contribution in [-0.4, -0.2) is 31.1 Å². The molecule has 0 saturated carbocycles. The Morgan fingerprint density at radius 1 is 1.40 bits per heavy atom. The van der Waals surface area contributed by atoms with Crippen molar-refractivity contribution in [1.82, 2.24) is 4.90 Å². The van der Waals surface area contributed by atoms with Crippen LogP contribution in [-0.2, 0) is 6.42 Å². The molecule has 3 atom stereocenters. The molecule has 1 saturated heterocycles. The Hall–Kier alpha value is -1.06. The van der Waals surface area contributed by atoms with E-state index in [0.29, 0.717) is 18.0 Å². The molecular weight excluding hydrogens is 248 g/mol. The Balaban J connectivity index is 1.86. The maximum absolute atomic E-state index is 5.88. The molecule has 2 aliphatic rings. The third-order valence-electron chi connectivity index (χ3n) is 5.08. The lowest BCUT2D eigenvalue weighted by molar-refractivity contribution is 0.169. The minimum absolute atomic E-state index is 0.580. The van der Waals surface area contributed by atoms with Gasteiger partial charge in [-0.1, -0.05) is 6.07 Å². The van der Waals surface area contributed by atoms with Crippen LogP contribution in [0, 0.1) is 5.92 Å². The third kappa shape index (κ3) is 2.45. The molecule has 2 N–H and O–H groups in total. The number of benzene rings is 1. The van der Waals surface area contributed by atoms with Crippen molar-refractivity contribution in [2.45, 2.75) is 44.7 Å². The fourth-order valence-electron chi connectivity index (χ4n) is 4.01. The van der Waals surface area contributed by atoms with Gasteiger partial charge >= 0.3 is 0 Å². The number of fused-ring (bicyclic) bond motifs is 1. The number of hydrogen-bond donors (Lipinski definition) is 1. The maximum Gasteiger partial charge on any atom is 0.119 e. The number of rotatable bonds is 3. The summed E-state index contributed by atoms with van der Waals surface area (Å²) in [6, 6.07) is 7.85. The van der Waals surface area contributed by atoms with Gasteiger partial charge in [-0.15, -0.1) is 0 Å². The van der Waals surface area contributed by atoms with Crippen molar-refractivity contribution in [2.75, 3.05) is 20.2 Å². The summed E-state index contributed by atoms with van der Waals surface area (Å²) in [6.07, 6.45) is 4.99. The van der Waals surface area contributed by atoms with E-state index in [2.05, 4.69) is 30.0 Å². The lowest BCUT2D eigenvalue weighted by atomic mass is 9.86. The first-order valence-electron chi connectivity index (χ1n) is 7.85. The number of methoxy groups -OCH3 is 1. The summed E-state index contributed by atoms with van der Waals surface area (Å²) in [6.45, 7) is 4.34. The second-order valence-corrected chi connectivity index (χ2v) is 6.36. The molecule has 0 bridgehead atoms. The number of likely N-dealkylation sites (tertiary alicyclic amines) is 1. The van der Waals surface area contributed by atoms with E-state index < -0.39 is 0 Å². The van der Waals surface area contributed by atoms with Gasteiger partial charge in [0.2, 0.25) is 0 Å². The van der Waals surface area contributed by atoms with Crippen LogP contribution in [0.3, 0.4) is 0 Å². The van der Waals surface area contributed by atoms with Gasteiger partial charge in [-0.2, -0.15) is 0 Å². The molecule has 0 radical (unpaired) electrons. The van der Waals surface area contributed by atoms with E-state index in [-0.39, 0.29) is 0 Å². The van der Waals surface area contributed by atoms with Gasteiger partial charge in [0.05, 0.1) is 7.11 Å². The molecule has 1 aromatic carbocycles. The zero-order valence-corrected chi connectivity index (χ0v) is 12.6. The summed E-state index contributed by atoms with van der Waals surface area (Å²) in [5.74, 6) is 1.66. The van der Waals surface area contributed by atoms with Gasteiger partial charge < -0.3 is 10.5 Å². The first-order valence-corrected chi connectivity index (χ1v) is 7.85. The minimum Gasteiger partial charge on any atom is -0.497 e. The molecule has 20 heavy (non-hydrogen) atoms. The van der Waals surface area contributed by atoms with Gasteiger partial charge in [-0.05, 0) is 68.3 Å². The predicted molar refractivity (Wildman–Crippen MR) is 82.0 cm³/mol. The summed E-state index contributed by atoms with van der Waals surface area (Å²) in [7, 11) is 1.75. The molecule has 110 valence electrons. The highest BCUT2D eigenvalue weighted by molar-refractivity contribution is 5.39. The quantitative estimate of drug-likeness (QED) is 0.921. The van der Waals surface area contributed by atoms with E-state index in [1.165, 1.54) is 36.8 Å². The normalized spacial score (nSPS) is 30.2. The standard InChI is InChI=1S/C17H26N2O/c1-12-8-13(10-18)11-19(12)17-5-3-4-14-9-15(20-2)6-7-16(14)17/h6-7,9,12-13,17H,3-5,8,10-11,18H2,1-2H3. The molecule has 0 spiro atoms. The first-order chi connectivity index (χ1) is 9.72. The Morgan fingerprint density at radius 2 is 2.25 bits per heavy atom. The zero-order chi connectivity index (χ0) is 14.1. The molecule has 1 aliphatic heterocycles. The Labute approximate surface area is 122 Å². The largest absolute Gasteiger partial charge is 0.497 e. The maximum atomic E-state index is 5.88. The molecule has 3 unspecified atom stereocenters. The second kappa shape index (κ2) is 5.74. The van der Waals surface area contributed by atoms with Crippen molar-refractivity contribution in [1.29, 1.82) is 0 Å². The minimum atomic E-state index is 0.580. The van der Waals surface area contributed by atoms with E-state index in [1.807, 2.05) is 0 Å². The SMILES string of the molecule is COc1ccc2c(c1)CCCC2N1CC(CN)CC1C. The molecule has 1 aliphatic carbocycles. The second-order valence-electron chi connectivity index (χ2n) is 6.36. The Bertz CT molecular complexity index is 474.